The highest BCUT2D eigenvalue weighted by atomic mass is 16.1. The van der Waals surface area contributed by atoms with Gasteiger partial charge in [-0.3, -0.25) is 9.78 Å². The van der Waals surface area contributed by atoms with Crippen LogP contribution in [0.4, 0.5) is 0 Å². The highest BCUT2D eigenvalue weighted by Crippen LogP contribution is 2.12. The predicted octanol–water partition coefficient (Wildman–Crippen LogP) is 2.27. The lowest BCUT2D eigenvalue weighted by Crippen LogP contribution is -2.08. The number of carbonyl (C=O) groups excluding carboxylic acids is 1. The van der Waals surface area contributed by atoms with Crippen LogP contribution in [0.5, 0.6) is 0 Å². The Kier molecular flexibility index (Phi) is 3.85. The molecular formula is C15H16N2O. The molecule has 1 aromatic carbocycles. The third-order valence-corrected chi connectivity index (χ3v) is 2.89. The van der Waals surface area contributed by atoms with Gasteiger partial charge >= 0.3 is 0 Å². The van der Waals surface area contributed by atoms with Gasteiger partial charge in [-0.15, -0.1) is 0 Å². The largest absolute Gasteiger partial charge is 0.326 e. The first-order valence-corrected chi connectivity index (χ1v) is 5.92. The van der Waals surface area contributed by atoms with E-state index in [9.17, 15) is 4.79 Å². The van der Waals surface area contributed by atoms with E-state index in [1.165, 1.54) is 0 Å². The molecule has 0 aliphatic heterocycles. The van der Waals surface area contributed by atoms with E-state index in [1.807, 2.05) is 37.3 Å². The fraction of sp³-hybridized carbons (Fsp3) is 0.200. The van der Waals surface area contributed by atoms with E-state index in [0.717, 1.165) is 16.7 Å². The van der Waals surface area contributed by atoms with Crippen molar-refractivity contribution in [2.24, 2.45) is 5.73 Å². The average molecular weight is 240 g/mol. The van der Waals surface area contributed by atoms with E-state index in [1.54, 1.807) is 12.4 Å². The number of rotatable bonds is 4. The van der Waals surface area contributed by atoms with Gasteiger partial charge in [0.25, 0.3) is 0 Å². The Labute approximate surface area is 107 Å². The molecule has 3 heteroatoms. The van der Waals surface area contributed by atoms with Gasteiger partial charge in [0.05, 0.1) is 0 Å². The molecule has 1 aromatic heterocycles. The number of aryl methyl sites for hydroxylation is 1. The molecule has 0 aliphatic carbocycles. The van der Waals surface area contributed by atoms with Crippen LogP contribution in [0.15, 0.2) is 42.7 Å². The Morgan fingerprint density at radius 1 is 1.22 bits per heavy atom. The number of carbonyl (C=O) groups is 1. The molecule has 0 fully saturated rings. The number of nitrogens with zero attached hydrogens (tertiary/aromatic N) is 1. The van der Waals surface area contributed by atoms with E-state index in [-0.39, 0.29) is 5.78 Å². The maximum atomic E-state index is 12.2. The standard InChI is InChI=1S/C15H16N2O/c1-11-6-14(10-17-9-11)15(18)7-12-4-2-3-5-13(12)8-16/h2-6,9-10H,7-8,16H2,1H3. The smallest absolute Gasteiger partial charge is 0.168 e. The molecule has 0 amide bonds. The van der Waals surface area contributed by atoms with Gasteiger partial charge in [0, 0.05) is 30.9 Å². The van der Waals surface area contributed by atoms with Crippen molar-refractivity contribution in [2.75, 3.05) is 0 Å². The Balaban J connectivity index is 2.21. The first-order valence-electron chi connectivity index (χ1n) is 5.92. The molecule has 3 nitrogen and oxygen atoms in total. The first-order chi connectivity index (χ1) is 8.70. The van der Waals surface area contributed by atoms with Crippen molar-refractivity contribution in [2.45, 2.75) is 19.9 Å². The fourth-order valence-corrected chi connectivity index (χ4v) is 1.91. The Morgan fingerprint density at radius 3 is 2.61 bits per heavy atom. The lowest BCUT2D eigenvalue weighted by Gasteiger charge is -2.07. The van der Waals surface area contributed by atoms with Gasteiger partial charge in [-0.25, -0.2) is 0 Å². The van der Waals surface area contributed by atoms with Crippen LogP contribution in [0.1, 0.15) is 27.0 Å². The molecule has 2 N–H and O–H groups in total. The van der Waals surface area contributed by atoms with Crippen LogP contribution in [-0.4, -0.2) is 10.8 Å². The van der Waals surface area contributed by atoms with Gasteiger partial charge in [-0.05, 0) is 29.7 Å². The van der Waals surface area contributed by atoms with Crippen molar-refractivity contribution in [3.8, 4) is 0 Å². The van der Waals surface area contributed by atoms with Crippen molar-refractivity contribution in [1.29, 1.82) is 0 Å². The molecule has 2 rings (SSSR count). The molecule has 0 radical (unpaired) electrons. The summed E-state index contributed by atoms with van der Waals surface area (Å²) in [7, 11) is 0. The number of hydrogen-bond donors (Lipinski definition) is 1. The van der Waals surface area contributed by atoms with Crippen LogP contribution >= 0.6 is 0 Å². The quantitative estimate of drug-likeness (QED) is 0.834. The summed E-state index contributed by atoms with van der Waals surface area (Å²) in [5.74, 6) is 0.0760. The Bertz CT molecular complexity index is 564. The minimum Gasteiger partial charge on any atom is -0.326 e. The molecule has 0 saturated heterocycles. The van der Waals surface area contributed by atoms with Crippen molar-refractivity contribution < 1.29 is 4.79 Å². The maximum Gasteiger partial charge on any atom is 0.168 e. The SMILES string of the molecule is Cc1cncc(C(=O)Cc2ccccc2CN)c1. The molecule has 0 unspecified atom stereocenters. The third kappa shape index (κ3) is 2.81. The second-order valence-electron chi connectivity index (χ2n) is 4.32. The third-order valence-electron chi connectivity index (χ3n) is 2.89. The van der Waals surface area contributed by atoms with Crippen molar-refractivity contribution in [3.63, 3.8) is 0 Å². The molecule has 0 saturated carbocycles. The van der Waals surface area contributed by atoms with Crippen LogP contribution in [0.3, 0.4) is 0 Å². The van der Waals surface area contributed by atoms with Crippen molar-refractivity contribution >= 4 is 5.78 Å². The molecule has 0 aliphatic rings. The topological polar surface area (TPSA) is 56.0 Å². The number of ketones is 1. The number of pyridine rings is 1. The molecule has 0 bridgehead atoms. The van der Waals surface area contributed by atoms with E-state index in [0.29, 0.717) is 18.5 Å². The molecule has 1 heterocycles. The zero-order valence-corrected chi connectivity index (χ0v) is 10.4. The maximum absolute atomic E-state index is 12.2. The summed E-state index contributed by atoms with van der Waals surface area (Å²) in [4.78, 5) is 16.2. The normalized spacial score (nSPS) is 10.3. The molecule has 0 spiro atoms. The van der Waals surface area contributed by atoms with Crippen LogP contribution in [0.2, 0.25) is 0 Å². The average Bonchev–Trinajstić information content (AvgIpc) is 2.39. The summed E-state index contributed by atoms with van der Waals surface area (Å²) in [6.07, 6.45) is 3.73. The van der Waals surface area contributed by atoms with Crippen LogP contribution < -0.4 is 5.73 Å². The second kappa shape index (κ2) is 5.56. The molecule has 0 atom stereocenters. The molecule has 92 valence electrons. The number of Topliss-reactive ketones (excluding diaryl/α,β-unsaturated/α-hetero) is 1. The summed E-state index contributed by atoms with van der Waals surface area (Å²) in [6.45, 7) is 2.38. The van der Waals surface area contributed by atoms with Gasteiger partial charge in [0.15, 0.2) is 5.78 Å². The van der Waals surface area contributed by atoms with E-state index >= 15 is 0 Å². The van der Waals surface area contributed by atoms with Gasteiger partial charge < -0.3 is 5.73 Å². The summed E-state index contributed by atoms with van der Waals surface area (Å²) in [5, 5.41) is 0. The van der Waals surface area contributed by atoms with Crippen LogP contribution in [0, 0.1) is 6.92 Å². The minimum atomic E-state index is 0.0760. The monoisotopic (exact) mass is 240 g/mol. The number of nitrogens with two attached hydrogens (primary N) is 1. The summed E-state index contributed by atoms with van der Waals surface area (Å²) < 4.78 is 0. The lowest BCUT2D eigenvalue weighted by molar-refractivity contribution is 0.0992. The zero-order valence-electron chi connectivity index (χ0n) is 10.4. The van der Waals surface area contributed by atoms with Gasteiger partial charge in [-0.1, -0.05) is 24.3 Å². The van der Waals surface area contributed by atoms with Gasteiger partial charge in [0.2, 0.25) is 0 Å². The van der Waals surface area contributed by atoms with Crippen LogP contribution in [0.25, 0.3) is 0 Å². The summed E-state index contributed by atoms with van der Waals surface area (Å²) in [6, 6.07) is 9.63. The number of benzene rings is 1. The molecular weight excluding hydrogens is 224 g/mol. The van der Waals surface area contributed by atoms with E-state index in [4.69, 9.17) is 5.73 Å². The number of hydrogen-bond acceptors (Lipinski definition) is 3. The molecule has 18 heavy (non-hydrogen) atoms. The number of aromatic nitrogens is 1. The highest BCUT2D eigenvalue weighted by Gasteiger charge is 2.09. The first kappa shape index (κ1) is 12.5. The van der Waals surface area contributed by atoms with Crippen molar-refractivity contribution in [1.82, 2.24) is 4.98 Å². The zero-order chi connectivity index (χ0) is 13.0. The van der Waals surface area contributed by atoms with E-state index in [2.05, 4.69) is 4.98 Å². The predicted molar refractivity (Wildman–Crippen MR) is 71.3 cm³/mol. The van der Waals surface area contributed by atoms with Gasteiger partial charge in [0.1, 0.15) is 0 Å². The Morgan fingerprint density at radius 2 is 1.94 bits per heavy atom. The lowest BCUT2D eigenvalue weighted by atomic mass is 9.99. The summed E-state index contributed by atoms with van der Waals surface area (Å²) >= 11 is 0. The summed E-state index contributed by atoms with van der Waals surface area (Å²) in [5.41, 5.74) is 9.33. The van der Waals surface area contributed by atoms with Crippen molar-refractivity contribution in [3.05, 3.63) is 65.0 Å². The fourth-order valence-electron chi connectivity index (χ4n) is 1.91. The van der Waals surface area contributed by atoms with Gasteiger partial charge in [-0.2, -0.15) is 0 Å². The second-order valence-corrected chi connectivity index (χ2v) is 4.32. The van der Waals surface area contributed by atoms with Crippen LogP contribution in [-0.2, 0) is 13.0 Å². The Hall–Kier alpha value is -2.00. The highest BCUT2D eigenvalue weighted by molar-refractivity contribution is 5.97. The minimum absolute atomic E-state index is 0.0760. The molecule has 2 aromatic rings. The van der Waals surface area contributed by atoms with E-state index < -0.39 is 0 Å².